The van der Waals surface area contributed by atoms with E-state index < -0.39 is 102 Å². The number of ether oxygens (including phenoxy) is 2. The molecule has 368 valence electrons. The quantitative estimate of drug-likeness (QED) is 0.0463. The van der Waals surface area contributed by atoms with Gasteiger partial charge in [-0.25, -0.2) is 0 Å². The second kappa shape index (κ2) is 24.5. The molecule has 15 nitrogen and oxygen atoms in total. The molecule has 0 unspecified atom stereocenters. The van der Waals surface area contributed by atoms with Gasteiger partial charge >= 0.3 is 85.6 Å². The maximum Gasteiger partial charge on any atom is 0.314 e. The molecule has 0 saturated heterocycles. The Balaban J connectivity index is 5.50. The van der Waals surface area contributed by atoms with Crippen molar-refractivity contribution in [3.8, 4) is 0 Å². The van der Waals surface area contributed by atoms with Gasteiger partial charge in [-0.05, 0) is 182 Å². The number of hydrogen-bond acceptors (Lipinski definition) is 15. The Morgan fingerprint density at radius 3 is 0.574 bits per heavy atom. The molecule has 0 rings (SSSR count). The molecular formula is C34H94O15Si12. The lowest BCUT2D eigenvalue weighted by atomic mass is 10.5. The summed E-state index contributed by atoms with van der Waals surface area (Å²) in [6, 6.07) is 1.90. The van der Waals surface area contributed by atoms with E-state index in [1.165, 1.54) is 0 Å². The van der Waals surface area contributed by atoms with Crippen LogP contribution in [0.4, 0.5) is 0 Å². The average Bonchev–Trinajstić information content (AvgIpc) is 2.89. The standard InChI is InChI=1S/C34H94O15Si12/c1-50(2,33-25-29-37-31-27-35)39-52(5,6)41-54(9,10)43-56(13,14)45-58(17,18)47-60(21,22)49-61(23,24)48-59(19,20)46-57(15,16)44-55(11,12)42-53(7,8)40-51(3,4)34-26-30-38-32-28-36/h35-36H,25-34H2,1-24H3. The monoisotopic (exact) mass is 1080 g/mol. The van der Waals surface area contributed by atoms with E-state index in [1.54, 1.807) is 0 Å². The zero-order valence-corrected chi connectivity index (χ0v) is 55.3. The third kappa shape index (κ3) is 31.6. The van der Waals surface area contributed by atoms with Crippen LogP contribution in [0, 0.1) is 0 Å². The molecule has 0 spiro atoms. The zero-order valence-electron chi connectivity index (χ0n) is 43.3. The van der Waals surface area contributed by atoms with Gasteiger partial charge in [0, 0.05) is 13.2 Å². The number of aliphatic hydroxyl groups is 2. The molecule has 0 radical (unpaired) electrons. The van der Waals surface area contributed by atoms with E-state index in [4.69, 9.17) is 65.0 Å². The molecule has 0 fully saturated rings. The van der Waals surface area contributed by atoms with E-state index >= 15 is 0 Å². The highest BCUT2D eigenvalue weighted by Crippen LogP contribution is 2.32. The highest BCUT2D eigenvalue weighted by molar-refractivity contribution is 6.94. The number of rotatable bonds is 34. The maximum atomic E-state index is 8.98. The zero-order chi connectivity index (χ0) is 48.3. The van der Waals surface area contributed by atoms with Crippen LogP contribution in [-0.4, -0.2) is 152 Å². The summed E-state index contributed by atoms with van der Waals surface area (Å²) < 4.78 is 85.8. The molecule has 0 aromatic heterocycles. The average molecular weight is 1080 g/mol. The summed E-state index contributed by atoms with van der Waals surface area (Å²) in [6.07, 6.45) is 1.79. The first kappa shape index (κ1) is 63.0. The molecular weight excluding hydrogens is 985 g/mol. The summed E-state index contributed by atoms with van der Waals surface area (Å²) in [5.74, 6) is 0. The lowest BCUT2D eigenvalue weighted by Crippen LogP contribution is -2.62. The summed E-state index contributed by atoms with van der Waals surface area (Å²) in [7, 11) is -30.9. The predicted molar refractivity (Wildman–Crippen MR) is 276 cm³/mol. The topological polar surface area (TPSA) is 160 Å². The summed E-state index contributed by atoms with van der Waals surface area (Å²) in [5.41, 5.74) is 0. The Bertz CT molecular complexity index is 1190. The van der Waals surface area contributed by atoms with Crippen molar-refractivity contribution in [3.63, 3.8) is 0 Å². The lowest BCUT2D eigenvalue weighted by molar-refractivity contribution is 0.0923. The van der Waals surface area contributed by atoms with Gasteiger partial charge in [-0.1, -0.05) is 0 Å². The van der Waals surface area contributed by atoms with Crippen LogP contribution in [0.1, 0.15) is 12.8 Å². The Hall–Kier alpha value is 2.00. The largest absolute Gasteiger partial charge is 0.436 e. The van der Waals surface area contributed by atoms with Crippen LogP contribution in [0.25, 0.3) is 0 Å². The third-order valence-electron chi connectivity index (χ3n) is 8.07. The van der Waals surface area contributed by atoms with Gasteiger partial charge in [0.05, 0.1) is 26.4 Å². The molecule has 0 aliphatic rings. The Labute approximate surface area is 386 Å². The van der Waals surface area contributed by atoms with Crippen molar-refractivity contribution in [3.05, 3.63) is 0 Å². The van der Waals surface area contributed by atoms with Crippen molar-refractivity contribution in [2.45, 2.75) is 182 Å². The van der Waals surface area contributed by atoms with Gasteiger partial charge in [0.2, 0.25) is 0 Å². The smallest absolute Gasteiger partial charge is 0.314 e. The van der Waals surface area contributed by atoms with Gasteiger partial charge in [-0.15, -0.1) is 0 Å². The first-order valence-electron chi connectivity index (χ1n) is 22.0. The molecule has 0 atom stereocenters. The van der Waals surface area contributed by atoms with Crippen molar-refractivity contribution in [1.29, 1.82) is 0 Å². The van der Waals surface area contributed by atoms with Crippen LogP contribution in [0.5, 0.6) is 0 Å². The molecule has 0 heterocycles. The highest BCUT2D eigenvalue weighted by atomic mass is 28.5. The lowest BCUT2D eigenvalue weighted by Gasteiger charge is -2.45. The van der Waals surface area contributed by atoms with Gasteiger partial charge in [0.15, 0.2) is 16.6 Å². The first-order valence-corrected chi connectivity index (χ1v) is 56.4. The Morgan fingerprint density at radius 1 is 0.246 bits per heavy atom. The van der Waals surface area contributed by atoms with E-state index in [-0.39, 0.29) is 13.2 Å². The van der Waals surface area contributed by atoms with E-state index in [0.29, 0.717) is 26.4 Å². The van der Waals surface area contributed by atoms with Gasteiger partial charge in [-0.2, -0.15) is 0 Å². The van der Waals surface area contributed by atoms with Gasteiger partial charge < -0.3 is 65.0 Å². The minimum absolute atomic E-state index is 0.0383. The maximum absolute atomic E-state index is 8.98. The fraction of sp³-hybridized carbons (Fsp3) is 1.00. The van der Waals surface area contributed by atoms with Gasteiger partial charge in [-0.3, -0.25) is 0 Å². The summed E-state index contributed by atoms with van der Waals surface area (Å²) >= 11 is 0. The fourth-order valence-corrected chi connectivity index (χ4v) is 70.0. The molecule has 0 saturated carbocycles. The molecule has 0 aromatic rings. The summed E-state index contributed by atoms with van der Waals surface area (Å²) in [6.45, 7) is 52.4. The molecule has 0 aliphatic heterocycles. The molecule has 0 aliphatic carbocycles. The van der Waals surface area contributed by atoms with Crippen LogP contribution < -0.4 is 0 Å². The Morgan fingerprint density at radius 2 is 0.410 bits per heavy atom. The minimum atomic E-state index is -2.77. The van der Waals surface area contributed by atoms with E-state index in [1.807, 2.05) is 0 Å². The van der Waals surface area contributed by atoms with Crippen molar-refractivity contribution >= 4 is 102 Å². The van der Waals surface area contributed by atoms with Crippen LogP contribution in [0.2, 0.25) is 169 Å². The molecule has 27 heteroatoms. The summed E-state index contributed by atoms with van der Waals surface area (Å²) in [5, 5.41) is 18.0. The van der Waals surface area contributed by atoms with Crippen LogP contribution in [-0.2, 0) is 54.7 Å². The van der Waals surface area contributed by atoms with Crippen molar-refractivity contribution in [1.82, 2.24) is 0 Å². The van der Waals surface area contributed by atoms with E-state index in [2.05, 4.69) is 157 Å². The van der Waals surface area contributed by atoms with Crippen molar-refractivity contribution in [2.24, 2.45) is 0 Å². The van der Waals surface area contributed by atoms with E-state index in [0.717, 1.165) is 24.9 Å². The third-order valence-corrected chi connectivity index (χ3v) is 54.9. The van der Waals surface area contributed by atoms with Gasteiger partial charge in [0.1, 0.15) is 0 Å². The van der Waals surface area contributed by atoms with Crippen LogP contribution >= 0.6 is 0 Å². The predicted octanol–water partition coefficient (Wildman–Crippen LogP) is 9.40. The van der Waals surface area contributed by atoms with Crippen LogP contribution in [0.15, 0.2) is 0 Å². The van der Waals surface area contributed by atoms with Crippen molar-refractivity contribution in [2.75, 3.05) is 39.6 Å². The highest BCUT2D eigenvalue weighted by Gasteiger charge is 2.51. The summed E-state index contributed by atoms with van der Waals surface area (Å²) in [4.78, 5) is 0. The molecule has 0 bridgehead atoms. The second-order valence-electron chi connectivity index (χ2n) is 21.5. The fourth-order valence-electron chi connectivity index (χ4n) is 8.50. The molecule has 61 heavy (non-hydrogen) atoms. The Kier molecular flexibility index (Phi) is 25.3. The molecule has 2 N–H and O–H groups in total. The first-order chi connectivity index (χ1) is 26.9. The second-order valence-corrected chi connectivity index (χ2v) is 66.5. The molecule has 0 amide bonds. The van der Waals surface area contributed by atoms with E-state index in [9.17, 15) is 0 Å². The number of hydrogen-bond donors (Lipinski definition) is 2. The van der Waals surface area contributed by atoms with Crippen molar-refractivity contribution < 1.29 is 65.0 Å². The minimum Gasteiger partial charge on any atom is -0.436 e. The SMILES string of the molecule is C[Si](C)(CCCOCCO)O[Si](C)(C)O[Si](C)(C)O[Si](C)(C)O[Si](C)(C)O[Si](C)(C)O[Si](C)(C)O[Si](C)(C)O[Si](C)(C)O[Si](C)(C)O[Si](C)(C)O[Si](C)(C)CCCOCCO. The van der Waals surface area contributed by atoms with Gasteiger partial charge in [0.25, 0.3) is 0 Å². The van der Waals surface area contributed by atoms with Crippen LogP contribution in [0.3, 0.4) is 0 Å². The molecule has 0 aromatic carbocycles. The number of aliphatic hydroxyl groups excluding tert-OH is 2. The normalized spacial score (nSPS) is 15.2.